The van der Waals surface area contributed by atoms with Crippen LogP contribution < -0.4 is 19.1 Å². The largest absolute Gasteiger partial charge is 0.497 e. The molecule has 1 N–H and O–H groups in total. The lowest BCUT2D eigenvalue weighted by atomic mass is 10.1. The molecule has 2 aromatic rings. The highest BCUT2D eigenvalue weighted by Crippen LogP contribution is 2.30. The molecule has 1 heterocycles. The maximum atomic E-state index is 12.7. The maximum Gasteiger partial charge on any atom is 0.254 e. The molecule has 0 radical (unpaired) electrons. The van der Waals surface area contributed by atoms with Crippen LogP contribution in [0.3, 0.4) is 0 Å². The molecule has 6 nitrogen and oxygen atoms in total. The zero-order valence-corrected chi connectivity index (χ0v) is 16.2. The van der Waals surface area contributed by atoms with Crippen LogP contribution in [0.2, 0.25) is 0 Å². The van der Waals surface area contributed by atoms with Crippen LogP contribution in [-0.2, 0) is 6.54 Å². The summed E-state index contributed by atoms with van der Waals surface area (Å²) in [4.78, 5) is 16.0. The Hall–Kier alpha value is -2.73. The Morgan fingerprint density at radius 2 is 1.67 bits per heavy atom. The number of benzene rings is 2. The summed E-state index contributed by atoms with van der Waals surface area (Å²) in [5.41, 5.74) is 1.83. The van der Waals surface area contributed by atoms with Crippen molar-refractivity contribution in [2.75, 3.05) is 47.5 Å². The molecule has 0 bridgehead atoms. The molecule has 2 aromatic carbocycles. The van der Waals surface area contributed by atoms with Gasteiger partial charge in [0.1, 0.15) is 12.3 Å². The summed E-state index contributed by atoms with van der Waals surface area (Å²) in [6.45, 7) is 4.15. The summed E-state index contributed by atoms with van der Waals surface area (Å²) in [5.74, 6) is 2.38. The van der Waals surface area contributed by atoms with E-state index in [1.54, 1.807) is 21.3 Å². The van der Waals surface area contributed by atoms with Gasteiger partial charge in [-0.3, -0.25) is 4.79 Å². The van der Waals surface area contributed by atoms with E-state index in [1.807, 2.05) is 41.3 Å². The third-order valence-corrected chi connectivity index (χ3v) is 5.02. The number of nitrogens with zero attached hydrogens (tertiary/aromatic N) is 1. The van der Waals surface area contributed by atoms with Crippen molar-refractivity contribution in [3.05, 3.63) is 53.6 Å². The minimum absolute atomic E-state index is 0.0793. The molecular formula is C21H27N2O4+. The van der Waals surface area contributed by atoms with E-state index in [0.717, 1.165) is 55.5 Å². The highest BCUT2D eigenvalue weighted by Gasteiger charge is 2.25. The van der Waals surface area contributed by atoms with Crippen molar-refractivity contribution >= 4 is 5.91 Å². The van der Waals surface area contributed by atoms with Crippen LogP contribution in [0.25, 0.3) is 0 Å². The van der Waals surface area contributed by atoms with Gasteiger partial charge in [-0.1, -0.05) is 6.07 Å². The van der Waals surface area contributed by atoms with Crippen LogP contribution in [0, 0.1) is 0 Å². The first-order valence-corrected chi connectivity index (χ1v) is 9.13. The van der Waals surface area contributed by atoms with Crippen molar-refractivity contribution < 1.29 is 23.9 Å². The van der Waals surface area contributed by atoms with Gasteiger partial charge in [-0.2, -0.15) is 0 Å². The van der Waals surface area contributed by atoms with Crippen LogP contribution >= 0.6 is 0 Å². The molecule has 6 heteroatoms. The van der Waals surface area contributed by atoms with Crippen LogP contribution in [0.1, 0.15) is 15.9 Å². The van der Waals surface area contributed by atoms with Crippen molar-refractivity contribution in [1.29, 1.82) is 0 Å². The molecule has 1 amide bonds. The van der Waals surface area contributed by atoms with Crippen molar-refractivity contribution in [3.8, 4) is 17.2 Å². The number of para-hydroxylation sites is 1. The number of carbonyl (C=O) groups is 1. The number of ether oxygens (including phenoxy) is 3. The summed E-state index contributed by atoms with van der Waals surface area (Å²) in [6, 6.07) is 13.3. The standard InChI is InChI=1S/C21H26N2O4/c1-25-18-9-7-16(8-10-18)21(24)23-13-11-22(12-14-23)15-17-5-4-6-19(26-2)20(17)27-3/h4-10H,11-15H2,1-3H3/p+1. The quantitative estimate of drug-likeness (QED) is 0.831. The van der Waals surface area contributed by atoms with Crippen LogP contribution in [-0.4, -0.2) is 58.3 Å². The lowest BCUT2D eigenvalue weighted by Gasteiger charge is -2.32. The highest BCUT2D eigenvalue weighted by atomic mass is 16.5. The third kappa shape index (κ3) is 4.34. The number of hydrogen-bond donors (Lipinski definition) is 1. The number of quaternary nitrogens is 1. The first-order valence-electron chi connectivity index (χ1n) is 9.13. The fraction of sp³-hybridized carbons (Fsp3) is 0.381. The predicted octanol–water partition coefficient (Wildman–Crippen LogP) is 1.25. The van der Waals surface area contributed by atoms with Crippen molar-refractivity contribution in [2.45, 2.75) is 6.54 Å². The van der Waals surface area contributed by atoms with Gasteiger partial charge in [0.2, 0.25) is 0 Å². The number of nitrogens with one attached hydrogen (secondary N) is 1. The topological polar surface area (TPSA) is 52.4 Å². The van der Waals surface area contributed by atoms with E-state index in [0.29, 0.717) is 5.56 Å². The summed E-state index contributed by atoms with van der Waals surface area (Å²) in [5, 5.41) is 0. The lowest BCUT2D eigenvalue weighted by molar-refractivity contribution is -0.917. The molecule has 0 saturated carbocycles. The second-order valence-electron chi connectivity index (χ2n) is 6.60. The second kappa shape index (κ2) is 8.77. The molecule has 27 heavy (non-hydrogen) atoms. The molecule has 1 aliphatic heterocycles. The molecule has 0 unspecified atom stereocenters. The molecule has 3 rings (SSSR count). The summed E-state index contributed by atoms with van der Waals surface area (Å²) < 4.78 is 16.1. The van der Waals surface area contributed by atoms with Crippen LogP contribution in [0.15, 0.2) is 42.5 Å². The van der Waals surface area contributed by atoms with Gasteiger partial charge in [0, 0.05) is 5.56 Å². The molecule has 144 valence electrons. The van der Waals surface area contributed by atoms with Gasteiger partial charge in [-0.25, -0.2) is 0 Å². The number of methoxy groups -OCH3 is 3. The smallest absolute Gasteiger partial charge is 0.254 e. The van der Waals surface area contributed by atoms with Crippen molar-refractivity contribution in [3.63, 3.8) is 0 Å². The van der Waals surface area contributed by atoms with E-state index in [9.17, 15) is 4.79 Å². The third-order valence-electron chi connectivity index (χ3n) is 5.02. The average Bonchev–Trinajstić information content (AvgIpc) is 2.73. The number of rotatable bonds is 6. The van der Waals surface area contributed by atoms with Gasteiger partial charge in [0.15, 0.2) is 11.5 Å². The predicted molar refractivity (Wildman–Crippen MR) is 103 cm³/mol. The van der Waals surface area contributed by atoms with Crippen LogP contribution in [0.5, 0.6) is 17.2 Å². The molecule has 1 aliphatic rings. The summed E-state index contributed by atoms with van der Waals surface area (Å²) in [6.07, 6.45) is 0. The normalized spacial score (nSPS) is 14.7. The number of amides is 1. The molecule has 0 atom stereocenters. The molecule has 0 aliphatic carbocycles. The van der Waals surface area contributed by atoms with Crippen molar-refractivity contribution in [1.82, 2.24) is 4.90 Å². The monoisotopic (exact) mass is 371 g/mol. The van der Waals surface area contributed by atoms with E-state index in [-0.39, 0.29) is 5.91 Å². The minimum atomic E-state index is 0.0793. The van der Waals surface area contributed by atoms with Crippen LogP contribution in [0.4, 0.5) is 0 Å². The molecule has 0 aromatic heterocycles. The van der Waals surface area contributed by atoms with Crippen molar-refractivity contribution in [2.24, 2.45) is 0 Å². The van der Waals surface area contributed by atoms with Gasteiger partial charge in [-0.15, -0.1) is 0 Å². The Labute approximate surface area is 160 Å². The first kappa shape index (κ1) is 19.0. The Kier molecular flexibility index (Phi) is 6.19. The van der Waals surface area contributed by atoms with Gasteiger partial charge in [0.05, 0.1) is 53.1 Å². The summed E-state index contributed by atoms with van der Waals surface area (Å²) in [7, 11) is 4.94. The number of piperazine rings is 1. The van der Waals surface area contributed by atoms with E-state index in [4.69, 9.17) is 14.2 Å². The van der Waals surface area contributed by atoms with E-state index in [1.165, 1.54) is 4.90 Å². The maximum absolute atomic E-state index is 12.7. The Bertz CT molecular complexity index is 768. The van der Waals surface area contributed by atoms with E-state index < -0.39 is 0 Å². The van der Waals surface area contributed by atoms with Gasteiger partial charge >= 0.3 is 0 Å². The Morgan fingerprint density at radius 1 is 0.963 bits per heavy atom. The minimum Gasteiger partial charge on any atom is -0.497 e. The molecule has 1 fully saturated rings. The first-order chi connectivity index (χ1) is 13.2. The SMILES string of the molecule is COc1ccc(C(=O)N2CC[NH+](Cc3cccc(OC)c3OC)CC2)cc1. The Morgan fingerprint density at radius 3 is 2.26 bits per heavy atom. The zero-order valence-electron chi connectivity index (χ0n) is 16.2. The lowest BCUT2D eigenvalue weighted by Crippen LogP contribution is -3.13. The van der Waals surface area contributed by atoms with Gasteiger partial charge in [0.25, 0.3) is 5.91 Å². The van der Waals surface area contributed by atoms with E-state index >= 15 is 0 Å². The zero-order chi connectivity index (χ0) is 19.2. The number of hydrogen-bond acceptors (Lipinski definition) is 4. The fourth-order valence-electron chi connectivity index (χ4n) is 3.48. The molecule has 0 spiro atoms. The fourth-order valence-corrected chi connectivity index (χ4v) is 3.48. The molecule has 1 saturated heterocycles. The summed E-state index contributed by atoms with van der Waals surface area (Å²) >= 11 is 0. The van der Waals surface area contributed by atoms with Gasteiger partial charge < -0.3 is 24.0 Å². The van der Waals surface area contributed by atoms with Gasteiger partial charge in [-0.05, 0) is 36.4 Å². The average molecular weight is 371 g/mol. The van der Waals surface area contributed by atoms with E-state index in [2.05, 4.69) is 6.07 Å². The molecular weight excluding hydrogens is 344 g/mol. The second-order valence-corrected chi connectivity index (χ2v) is 6.60. The number of carbonyl (C=O) groups excluding carboxylic acids is 1. The highest BCUT2D eigenvalue weighted by molar-refractivity contribution is 5.94. The Balaban J connectivity index is 1.59.